The van der Waals surface area contributed by atoms with Crippen LogP contribution in [0.2, 0.25) is 0 Å². The number of amides is 1. The predicted molar refractivity (Wildman–Crippen MR) is 146 cm³/mol. The fraction of sp³-hybridized carbons (Fsp3) is 0.226. The number of aromatic nitrogens is 3. The van der Waals surface area contributed by atoms with Gasteiger partial charge in [-0.2, -0.15) is 0 Å². The number of nitrogens with zero attached hydrogens (tertiary/aromatic N) is 4. The number of fused-ring (bicyclic) bond motifs is 1. The Hall–Kier alpha value is -4.16. The van der Waals surface area contributed by atoms with Crippen molar-refractivity contribution in [2.24, 2.45) is 0 Å². The Morgan fingerprint density at radius 3 is 2.51 bits per heavy atom. The van der Waals surface area contributed by atoms with Crippen LogP contribution < -0.4 is 0 Å². The fourth-order valence-corrected chi connectivity index (χ4v) is 5.08. The van der Waals surface area contributed by atoms with E-state index < -0.39 is 0 Å². The minimum atomic E-state index is 0.0538. The summed E-state index contributed by atoms with van der Waals surface area (Å²) in [6.07, 6.45) is 7.90. The smallest absolute Gasteiger partial charge is 0.256 e. The number of benzene rings is 3. The van der Waals surface area contributed by atoms with Crippen molar-refractivity contribution in [3.8, 4) is 11.1 Å². The molecule has 0 atom stereocenters. The first-order chi connectivity index (χ1) is 18.2. The van der Waals surface area contributed by atoms with Crippen molar-refractivity contribution in [3.05, 3.63) is 114 Å². The quantitative estimate of drug-likeness (QED) is 0.321. The van der Waals surface area contributed by atoms with E-state index in [0.717, 1.165) is 39.7 Å². The second-order valence-electron chi connectivity index (χ2n) is 9.69. The monoisotopic (exact) mass is 490 g/mol. The Balaban J connectivity index is 1.37. The Labute approximate surface area is 216 Å². The molecule has 6 rings (SSSR count). The molecule has 0 N–H and O–H groups in total. The summed E-state index contributed by atoms with van der Waals surface area (Å²) in [5.41, 5.74) is 6.32. The molecule has 3 heterocycles. The van der Waals surface area contributed by atoms with E-state index in [2.05, 4.69) is 87.9 Å². The van der Waals surface area contributed by atoms with Gasteiger partial charge in [-0.15, -0.1) is 0 Å². The number of ether oxygens (including phenoxy) is 1. The SMILES string of the molecule is Cc1ccc(Cn2cncc2Cn2cc(C(=O)N3CCOCC3)c(-c3cccc4ccccc34)c2)cc1. The van der Waals surface area contributed by atoms with Gasteiger partial charge in [0, 0.05) is 43.8 Å². The van der Waals surface area contributed by atoms with Gasteiger partial charge in [0.25, 0.3) is 5.91 Å². The Morgan fingerprint density at radius 1 is 0.892 bits per heavy atom. The molecule has 0 spiro atoms. The standard InChI is InChI=1S/C31H30N4O2/c1-23-9-11-24(12-10-23)18-35-22-32-17-26(35)19-33-20-29(28-8-4-6-25-5-2-3-7-27(25)28)30(21-33)31(36)34-13-15-37-16-14-34/h2-12,17,20-22H,13-16,18-19H2,1H3. The van der Waals surface area contributed by atoms with Crippen molar-refractivity contribution < 1.29 is 9.53 Å². The Kier molecular flexibility index (Phi) is 6.33. The molecule has 0 saturated carbocycles. The van der Waals surface area contributed by atoms with E-state index in [1.54, 1.807) is 0 Å². The van der Waals surface area contributed by atoms with E-state index in [4.69, 9.17) is 4.74 Å². The van der Waals surface area contributed by atoms with Crippen LogP contribution in [0.15, 0.2) is 91.6 Å². The summed E-state index contributed by atoms with van der Waals surface area (Å²) in [5.74, 6) is 0.0538. The highest BCUT2D eigenvalue weighted by molar-refractivity contribution is 6.06. The molecule has 1 saturated heterocycles. The second-order valence-corrected chi connectivity index (χ2v) is 9.69. The molecular formula is C31H30N4O2. The number of rotatable bonds is 6. The van der Waals surface area contributed by atoms with E-state index >= 15 is 0 Å². The third-order valence-electron chi connectivity index (χ3n) is 7.11. The van der Waals surface area contributed by atoms with Crippen LogP contribution >= 0.6 is 0 Å². The summed E-state index contributed by atoms with van der Waals surface area (Å²) in [4.78, 5) is 20.1. The number of aryl methyl sites for hydroxylation is 1. The summed E-state index contributed by atoms with van der Waals surface area (Å²) in [7, 11) is 0. The number of imidazole rings is 1. The number of hydrogen-bond donors (Lipinski definition) is 0. The highest BCUT2D eigenvalue weighted by atomic mass is 16.5. The summed E-state index contributed by atoms with van der Waals surface area (Å²) < 4.78 is 9.78. The highest BCUT2D eigenvalue weighted by Gasteiger charge is 2.24. The van der Waals surface area contributed by atoms with Crippen molar-refractivity contribution in [3.63, 3.8) is 0 Å². The number of carbonyl (C=O) groups excluding carboxylic acids is 1. The molecule has 0 radical (unpaired) electrons. The molecule has 0 bridgehead atoms. The third kappa shape index (κ3) is 4.80. The van der Waals surface area contributed by atoms with Crippen LogP contribution in [0.5, 0.6) is 0 Å². The van der Waals surface area contributed by atoms with Crippen LogP contribution in [0, 0.1) is 6.92 Å². The van der Waals surface area contributed by atoms with E-state index in [9.17, 15) is 4.79 Å². The van der Waals surface area contributed by atoms with Gasteiger partial charge in [-0.05, 0) is 28.8 Å². The molecule has 1 amide bonds. The average Bonchev–Trinajstić information content (AvgIpc) is 3.56. The van der Waals surface area contributed by atoms with Gasteiger partial charge < -0.3 is 18.8 Å². The fourth-order valence-electron chi connectivity index (χ4n) is 5.08. The van der Waals surface area contributed by atoms with Gasteiger partial charge in [0.1, 0.15) is 0 Å². The van der Waals surface area contributed by atoms with Gasteiger partial charge in [-0.1, -0.05) is 72.3 Å². The zero-order valence-corrected chi connectivity index (χ0v) is 21.0. The summed E-state index contributed by atoms with van der Waals surface area (Å²) in [5, 5.41) is 2.30. The van der Waals surface area contributed by atoms with E-state index in [-0.39, 0.29) is 5.91 Å². The molecule has 186 valence electrons. The number of morpholine rings is 1. The molecule has 3 aromatic carbocycles. The maximum Gasteiger partial charge on any atom is 0.256 e. The number of carbonyl (C=O) groups is 1. The van der Waals surface area contributed by atoms with Crippen LogP contribution in [0.25, 0.3) is 21.9 Å². The number of hydrogen-bond acceptors (Lipinski definition) is 3. The van der Waals surface area contributed by atoms with E-state index in [0.29, 0.717) is 32.8 Å². The summed E-state index contributed by atoms with van der Waals surface area (Å²) in [6, 6.07) is 23.2. The molecule has 1 aliphatic rings. The largest absolute Gasteiger partial charge is 0.378 e. The average molecular weight is 491 g/mol. The molecule has 37 heavy (non-hydrogen) atoms. The first-order valence-electron chi connectivity index (χ1n) is 12.8. The topological polar surface area (TPSA) is 52.3 Å². The molecule has 2 aromatic heterocycles. The van der Waals surface area contributed by atoms with Crippen LogP contribution in [0.1, 0.15) is 27.2 Å². The van der Waals surface area contributed by atoms with Gasteiger partial charge >= 0.3 is 0 Å². The summed E-state index contributed by atoms with van der Waals surface area (Å²) >= 11 is 0. The lowest BCUT2D eigenvalue weighted by atomic mass is 9.97. The van der Waals surface area contributed by atoms with Gasteiger partial charge in [0.2, 0.25) is 0 Å². The Morgan fingerprint density at radius 2 is 1.68 bits per heavy atom. The van der Waals surface area contributed by atoms with Crippen LogP contribution in [-0.2, 0) is 17.8 Å². The lowest BCUT2D eigenvalue weighted by Crippen LogP contribution is -2.40. The van der Waals surface area contributed by atoms with Crippen molar-refractivity contribution in [1.29, 1.82) is 0 Å². The van der Waals surface area contributed by atoms with E-state index in [1.165, 1.54) is 11.1 Å². The van der Waals surface area contributed by atoms with Gasteiger partial charge in [-0.3, -0.25) is 4.79 Å². The van der Waals surface area contributed by atoms with Crippen LogP contribution in [0.4, 0.5) is 0 Å². The molecule has 6 heteroatoms. The first kappa shape index (κ1) is 23.3. The normalized spacial score (nSPS) is 13.8. The Bertz CT molecular complexity index is 1540. The van der Waals surface area contributed by atoms with Crippen LogP contribution in [0.3, 0.4) is 0 Å². The maximum atomic E-state index is 13.7. The van der Waals surface area contributed by atoms with Crippen molar-refractivity contribution in [2.45, 2.75) is 20.0 Å². The molecule has 0 aliphatic carbocycles. The molecule has 0 unspecified atom stereocenters. The molecule has 1 aliphatic heterocycles. The van der Waals surface area contributed by atoms with Crippen molar-refractivity contribution >= 4 is 16.7 Å². The lowest BCUT2D eigenvalue weighted by molar-refractivity contribution is 0.0303. The van der Waals surface area contributed by atoms with Gasteiger partial charge in [-0.25, -0.2) is 4.98 Å². The molecule has 1 fully saturated rings. The zero-order valence-electron chi connectivity index (χ0n) is 21.0. The highest BCUT2D eigenvalue weighted by Crippen LogP contribution is 2.33. The van der Waals surface area contributed by atoms with Crippen LogP contribution in [-0.4, -0.2) is 51.2 Å². The van der Waals surface area contributed by atoms with Gasteiger partial charge in [0.15, 0.2) is 0 Å². The van der Waals surface area contributed by atoms with E-state index in [1.807, 2.05) is 29.7 Å². The minimum Gasteiger partial charge on any atom is -0.378 e. The van der Waals surface area contributed by atoms with Crippen molar-refractivity contribution in [1.82, 2.24) is 19.0 Å². The van der Waals surface area contributed by atoms with Gasteiger partial charge in [0.05, 0.1) is 37.3 Å². The van der Waals surface area contributed by atoms with Crippen molar-refractivity contribution in [2.75, 3.05) is 26.3 Å². The molecular weight excluding hydrogens is 460 g/mol. The predicted octanol–water partition coefficient (Wildman–Crippen LogP) is 5.38. The third-order valence-corrected chi connectivity index (χ3v) is 7.11. The second kappa shape index (κ2) is 10.1. The first-order valence-corrected chi connectivity index (χ1v) is 12.8. The lowest BCUT2D eigenvalue weighted by Gasteiger charge is -2.27. The molecule has 6 nitrogen and oxygen atoms in total. The zero-order chi connectivity index (χ0) is 25.2. The maximum absolute atomic E-state index is 13.7. The molecule has 5 aromatic rings. The minimum absolute atomic E-state index is 0.0538. The summed E-state index contributed by atoms with van der Waals surface area (Å²) in [6.45, 7) is 5.86.